The van der Waals surface area contributed by atoms with E-state index in [1.54, 1.807) is 49.6 Å². The summed E-state index contributed by atoms with van der Waals surface area (Å²) in [4.78, 5) is 28.0. The largest absolute Gasteiger partial charge is 0.497 e. The van der Waals surface area contributed by atoms with Crippen molar-refractivity contribution in [1.82, 2.24) is 10.2 Å². The second kappa shape index (κ2) is 12.8. The topological polar surface area (TPSA) is 96.0 Å². The van der Waals surface area contributed by atoms with Crippen LogP contribution in [0.1, 0.15) is 32.3 Å². The Hall–Kier alpha value is -2.59. The molecule has 8 nitrogen and oxygen atoms in total. The second-order valence-corrected chi connectivity index (χ2v) is 10.7. The SMILES string of the molecule is CCCNC(=O)[C@@H](CC)N(Cc1cccc(OC)c1)C(=O)CN(c1cccc(Br)c1)S(C)(=O)=O. The van der Waals surface area contributed by atoms with Gasteiger partial charge in [0.2, 0.25) is 21.8 Å². The normalized spacial score (nSPS) is 12.0. The first-order valence-corrected chi connectivity index (χ1v) is 13.7. The minimum Gasteiger partial charge on any atom is -0.497 e. The van der Waals surface area contributed by atoms with Gasteiger partial charge in [-0.1, -0.05) is 48.0 Å². The third-order valence-electron chi connectivity index (χ3n) is 5.20. The Morgan fingerprint density at radius 3 is 2.41 bits per heavy atom. The van der Waals surface area contributed by atoms with Crippen molar-refractivity contribution in [3.63, 3.8) is 0 Å². The Kier molecular flexibility index (Phi) is 10.4. The van der Waals surface area contributed by atoms with Gasteiger partial charge in [-0.2, -0.15) is 0 Å². The van der Waals surface area contributed by atoms with Crippen molar-refractivity contribution in [3.05, 3.63) is 58.6 Å². The third kappa shape index (κ3) is 7.73. The lowest BCUT2D eigenvalue weighted by atomic mass is 10.1. The van der Waals surface area contributed by atoms with Crippen LogP contribution < -0.4 is 14.4 Å². The second-order valence-electron chi connectivity index (χ2n) is 7.84. The van der Waals surface area contributed by atoms with Crippen molar-refractivity contribution in [1.29, 1.82) is 0 Å². The van der Waals surface area contributed by atoms with E-state index in [9.17, 15) is 18.0 Å². The van der Waals surface area contributed by atoms with Gasteiger partial charge in [0.25, 0.3) is 0 Å². The first-order valence-electron chi connectivity index (χ1n) is 11.0. The van der Waals surface area contributed by atoms with Crippen LogP contribution >= 0.6 is 15.9 Å². The number of hydrogen-bond donors (Lipinski definition) is 1. The molecule has 0 aliphatic carbocycles. The molecule has 0 heterocycles. The number of nitrogens with one attached hydrogen (secondary N) is 1. The summed E-state index contributed by atoms with van der Waals surface area (Å²) < 4.78 is 32.2. The Balaban J connectivity index is 2.43. The predicted molar refractivity (Wildman–Crippen MR) is 137 cm³/mol. The minimum absolute atomic E-state index is 0.129. The zero-order valence-electron chi connectivity index (χ0n) is 20.0. The Labute approximate surface area is 210 Å². The van der Waals surface area contributed by atoms with E-state index in [-0.39, 0.29) is 12.5 Å². The first-order chi connectivity index (χ1) is 16.1. The van der Waals surface area contributed by atoms with Crippen LogP contribution in [0.3, 0.4) is 0 Å². The third-order valence-corrected chi connectivity index (χ3v) is 6.83. The summed E-state index contributed by atoms with van der Waals surface area (Å²) in [5.74, 6) is -0.124. The molecule has 2 aromatic carbocycles. The monoisotopic (exact) mass is 553 g/mol. The average molecular weight is 555 g/mol. The van der Waals surface area contributed by atoms with Crippen LogP contribution in [0.15, 0.2) is 53.0 Å². The number of methoxy groups -OCH3 is 1. The van der Waals surface area contributed by atoms with Gasteiger partial charge in [-0.25, -0.2) is 8.42 Å². The van der Waals surface area contributed by atoms with E-state index >= 15 is 0 Å². The lowest BCUT2D eigenvalue weighted by Crippen LogP contribution is -2.52. The molecule has 0 saturated heterocycles. The number of sulfonamides is 1. The molecule has 1 N–H and O–H groups in total. The molecule has 0 aromatic heterocycles. The fourth-order valence-electron chi connectivity index (χ4n) is 3.50. The summed E-state index contributed by atoms with van der Waals surface area (Å²) in [6, 6.07) is 13.2. The van der Waals surface area contributed by atoms with Crippen molar-refractivity contribution < 1.29 is 22.7 Å². The summed E-state index contributed by atoms with van der Waals surface area (Å²) >= 11 is 3.35. The standard InChI is InChI=1S/C24H32BrN3O5S/c1-5-13-26-24(30)22(6-2)27(16-18-9-7-12-21(14-18)33-3)23(29)17-28(34(4,31)32)20-11-8-10-19(25)15-20/h7-12,14-15,22H,5-6,13,16-17H2,1-4H3,(H,26,30)/t22-/m1/s1. The molecule has 0 aliphatic rings. The van der Waals surface area contributed by atoms with Crippen LogP contribution in [-0.4, -0.2) is 57.6 Å². The summed E-state index contributed by atoms with van der Waals surface area (Å²) in [5.41, 5.74) is 1.12. The molecular weight excluding hydrogens is 522 g/mol. The molecule has 0 bridgehead atoms. The maximum absolute atomic E-state index is 13.6. The molecule has 0 fully saturated rings. The zero-order chi connectivity index (χ0) is 25.3. The maximum atomic E-state index is 13.6. The van der Waals surface area contributed by atoms with E-state index in [2.05, 4.69) is 21.2 Å². The number of nitrogens with zero attached hydrogens (tertiary/aromatic N) is 2. The molecule has 186 valence electrons. The van der Waals surface area contributed by atoms with Gasteiger partial charge in [-0.05, 0) is 48.7 Å². The van der Waals surface area contributed by atoms with Gasteiger partial charge < -0.3 is 15.0 Å². The summed E-state index contributed by atoms with van der Waals surface area (Å²) in [6.07, 6.45) is 2.19. The molecule has 0 spiro atoms. The lowest BCUT2D eigenvalue weighted by molar-refractivity contribution is -0.140. The summed E-state index contributed by atoms with van der Waals surface area (Å²) in [5, 5.41) is 2.85. The van der Waals surface area contributed by atoms with Gasteiger partial charge in [0.15, 0.2) is 0 Å². The Bertz CT molecular complexity index is 1090. The fraction of sp³-hybridized carbons (Fsp3) is 0.417. The first kappa shape index (κ1) is 27.7. The number of benzene rings is 2. The molecule has 0 radical (unpaired) electrons. The van der Waals surface area contributed by atoms with E-state index in [0.29, 0.717) is 28.9 Å². The average Bonchev–Trinajstić information content (AvgIpc) is 2.80. The molecule has 0 unspecified atom stereocenters. The highest BCUT2D eigenvalue weighted by molar-refractivity contribution is 9.10. The lowest BCUT2D eigenvalue weighted by Gasteiger charge is -2.33. The van der Waals surface area contributed by atoms with Crippen molar-refractivity contribution >= 4 is 43.5 Å². The number of hydrogen-bond acceptors (Lipinski definition) is 5. The molecule has 2 amide bonds. The van der Waals surface area contributed by atoms with Crippen LogP contribution in [0, 0.1) is 0 Å². The number of rotatable bonds is 12. The van der Waals surface area contributed by atoms with Crippen molar-refractivity contribution in [2.45, 2.75) is 39.3 Å². The minimum atomic E-state index is -3.77. The number of amides is 2. The Morgan fingerprint density at radius 2 is 1.82 bits per heavy atom. The number of ether oxygens (including phenoxy) is 1. The van der Waals surface area contributed by atoms with Gasteiger partial charge >= 0.3 is 0 Å². The van der Waals surface area contributed by atoms with Crippen molar-refractivity contribution in [2.75, 3.05) is 30.8 Å². The van der Waals surface area contributed by atoms with Crippen LogP contribution in [-0.2, 0) is 26.2 Å². The molecule has 1 atom stereocenters. The quantitative estimate of drug-likeness (QED) is 0.433. The highest BCUT2D eigenvalue weighted by atomic mass is 79.9. The number of carbonyl (C=O) groups is 2. The van der Waals surface area contributed by atoms with Crippen LogP contribution in [0.2, 0.25) is 0 Å². The van der Waals surface area contributed by atoms with E-state index < -0.39 is 28.5 Å². The summed E-state index contributed by atoms with van der Waals surface area (Å²) in [7, 11) is -2.22. The predicted octanol–water partition coefficient (Wildman–Crippen LogP) is 3.56. The van der Waals surface area contributed by atoms with Gasteiger partial charge in [0.05, 0.1) is 19.1 Å². The van der Waals surface area contributed by atoms with E-state index in [0.717, 1.165) is 22.5 Å². The highest BCUT2D eigenvalue weighted by Gasteiger charge is 2.31. The molecule has 34 heavy (non-hydrogen) atoms. The molecule has 2 rings (SSSR count). The molecule has 10 heteroatoms. The van der Waals surface area contributed by atoms with E-state index in [4.69, 9.17) is 4.74 Å². The van der Waals surface area contributed by atoms with E-state index in [1.165, 1.54) is 4.90 Å². The van der Waals surface area contributed by atoms with Crippen LogP contribution in [0.4, 0.5) is 5.69 Å². The zero-order valence-corrected chi connectivity index (χ0v) is 22.4. The van der Waals surface area contributed by atoms with Gasteiger partial charge in [0.1, 0.15) is 18.3 Å². The van der Waals surface area contributed by atoms with Gasteiger partial charge in [0, 0.05) is 17.6 Å². The number of carbonyl (C=O) groups excluding carboxylic acids is 2. The van der Waals surface area contributed by atoms with Gasteiger partial charge in [-0.15, -0.1) is 0 Å². The maximum Gasteiger partial charge on any atom is 0.244 e. The number of anilines is 1. The summed E-state index contributed by atoms with van der Waals surface area (Å²) in [6.45, 7) is 3.96. The molecule has 2 aromatic rings. The Morgan fingerprint density at radius 1 is 1.12 bits per heavy atom. The van der Waals surface area contributed by atoms with Crippen LogP contribution in [0.5, 0.6) is 5.75 Å². The number of halogens is 1. The fourth-order valence-corrected chi connectivity index (χ4v) is 4.73. The van der Waals surface area contributed by atoms with Gasteiger partial charge in [-0.3, -0.25) is 13.9 Å². The molecule has 0 saturated carbocycles. The highest BCUT2D eigenvalue weighted by Crippen LogP contribution is 2.23. The molecule has 0 aliphatic heterocycles. The molecular formula is C24H32BrN3O5S. The van der Waals surface area contributed by atoms with Crippen molar-refractivity contribution in [3.8, 4) is 5.75 Å². The van der Waals surface area contributed by atoms with Crippen LogP contribution in [0.25, 0.3) is 0 Å². The van der Waals surface area contributed by atoms with E-state index in [1.807, 2.05) is 19.9 Å². The smallest absolute Gasteiger partial charge is 0.244 e. The van der Waals surface area contributed by atoms with Crippen molar-refractivity contribution in [2.24, 2.45) is 0 Å².